The minimum Gasteiger partial charge on any atom is -0.337 e. The molecule has 1 amide bonds. The predicted molar refractivity (Wildman–Crippen MR) is 113 cm³/mol. The van der Waals surface area contributed by atoms with E-state index >= 15 is 0 Å². The Balaban J connectivity index is 0.00000169. The third kappa shape index (κ3) is 4.58. The summed E-state index contributed by atoms with van der Waals surface area (Å²) >= 11 is 1.44. The van der Waals surface area contributed by atoms with Gasteiger partial charge in [0.1, 0.15) is 4.88 Å². The molecule has 1 fully saturated rings. The lowest BCUT2D eigenvalue weighted by atomic mass is 9.89. The molecule has 2 aromatic rings. The second-order valence-electron chi connectivity index (χ2n) is 7.50. The molecular weight excluding hydrogens is 389 g/mol. The Hall–Kier alpha value is -1.14. The quantitative estimate of drug-likeness (QED) is 0.820. The van der Waals surface area contributed by atoms with Gasteiger partial charge in [-0.1, -0.05) is 51.1 Å². The van der Waals surface area contributed by atoms with Crippen LogP contribution in [0.15, 0.2) is 35.8 Å². The fourth-order valence-corrected chi connectivity index (χ4v) is 4.39. The third-order valence-corrected chi connectivity index (χ3v) is 5.55. The van der Waals surface area contributed by atoms with Crippen molar-refractivity contribution in [1.29, 1.82) is 0 Å². The fraction of sp³-hybridized carbons (Fsp3) is 0.474. The van der Waals surface area contributed by atoms with Crippen molar-refractivity contribution in [2.75, 3.05) is 19.6 Å². The van der Waals surface area contributed by atoms with E-state index in [4.69, 9.17) is 5.73 Å². The highest BCUT2D eigenvalue weighted by Crippen LogP contribution is 2.35. The van der Waals surface area contributed by atoms with Crippen LogP contribution in [-0.4, -0.2) is 35.4 Å². The van der Waals surface area contributed by atoms with Crippen LogP contribution in [0.4, 0.5) is 0 Å². The Morgan fingerprint density at radius 3 is 2.46 bits per heavy atom. The summed E-state index contributed by atoms with van der Waals surface area (Å²) in [4.78, 5) is 20.2. The van der Waals surface area contributed by atoms with Crippen LogP contribution in [0.5, 0.6) is 0 Å². The van der Waals surface area contributed by atoms with E-state index in [0.29, 0.717) is 18.4 Å². The molecule has 2 N–H and O–H groups in total. The number of nitrogens with zero attached hydrogens (tertiary/aromatic N) is 2. The molecule has 2 atom stereocenters. The monoisotopic (exact) mass is 415 g/mol. The summed E-state index contributed by atoms with van der Waals surface area (Å²) in [6.07, 6.45) is 0. The van der Waals surface area contributed by atoms with Gasteiger partial charge in [0.05, 0.1) is 11.2 Å². The predicted octanol–water partition coefficient (Wildman–Crippen LogP) is 4.10. The topological polar surface area (TPSA) is 59.2 Å². The van der Waals surface area contributed by atoms with E-state index in [-0.39, 0.29) is 36.1 Å². The van der Waals surface area contributed by atoms with Crippen LogP contribution < -0.4 is 5.73 Å². The van der Waals surface area contributed by atoms with E-state index in [2.05, 4.69) is 37.9 Å². The average molecular weight is 416 g/mol. The number of carbonyl (C=O) groups excluding carboxylic acids is 1. The van der Waals surface area contributed by atoms with Crippen molar-refractivity contribution >= 4 is 42.1 Å². The van der Waals surface area contributed by atoms with Crippen molar-refractivity contribution in [2.24, 2.45) is 11.7 Å². The number of benzene rings is 1. The zero-order valence-electron chi connectivity index (χ0n) is 15.3. The first-order valence-corrected chi connectivity index (χ1v) is 9.28. The molecule has 26 heavy (non-hydrogen) atoms. The van der Waals surface area contributed by atoms with E-state index in [0.717, 1.165) is 23.7 Å². The van der Waals surface area contributed by atoms with Gasteiger partial charge in [-0.15, -0.1) is 36.2 Å². The van der Waals surface area contributed by atoms with Gasteiger partial charge in [0, 0.05) is 24.4 Å². The highest BCUT2D eigenvalue weighted by molar-refractivity contribution is 7.11. The molecule has 0 radical (unpaired) electrons. The standard InChI is InChI=1S/C19H25N3OS.2ClH/c1-19(2,3)17-16(24-12-21-17)18(23)22-10-14(9-20)15(11-22)13-7-5-4-6-8-13;;/h4-8,12,14-15H,9-11,20H2,1-3H3;2*1H/t14-,15+;;/m1../s1. The summed E-state index contributed by atoms with van der Waals surface area (Å²) in [6, 6.07) is 10.4. The van der Waals surface area contributed by atoms with Crippen molar-refractivity contribution in [3.63, 3.8) is 0 Å². The van der Waals surface area contributed by atoms with Crippen molar-refractivity contribution in [1.82, 2.24) is 9.88 Å². The van der Waals surface area contributed by atoms with Crippen LogP contribution >= 0.6 is 36.2 Å². The van der Waals surface area contributed by atoms with Gasteiger partial charge in [-0.3, -0.25) is 4.79 Å². The number of carbonyl (C=O) groups is 1. The zero-order valence-corrected chi connectivity index (χ0v) is 17.8. The Bertz CT molecular complexity index is 715. The van der Waals surface area contributed by atoms with Gasteiger partial charge < -0.3 is 10.6 Å². The highest BCUT2D eigenvalue weighted by atomic mass is 35.5. The summed E-state index contributed by atoms with van der Waals surface area (Å²) in [7, 11) is 0. The van der Waals surface area contributed by atoms with Gasteiger partial charge in [0.2, 0.25) is 0 Å². The number of hydrogen-bond donors (Lipinski definition) is 1. The van der Waals surface area contributed by atoms with Crippen LogP contribution in [-0.2, 0) is 5.41 Å². The maximum absolute atomic E-state index is 13.1. The van der Waals surface area contributed by atoms with Gasteiger partial charge in [0.15, 0.2) is 0 Å². The molecule has 1 aromatic carbocycles. The number of likely N-dealkylation sites (tertiary alicyclic amines) is 1. The number of rotatable bonds is 3. The van der Waals surface area contributed by atoms with Gasteiger partial charge in [-0.05, 0) is 18.0 Å². The minimum absolute atomic E-state index is 0. The molecule has 2 heterocycles. The van der Waals surface area contributed by atoms with Crippen LogP contribution in [0.25, 0.3) is 0 Å². The maximum atomic E-state index is 13.1. The fourth-order valence-electron chi connectivity index (χ4n) is 3.43. The summed E-state index contributed by atoms with van der Waals surface area (Å²) in [5.41, 5.74) is 9.80. The van der Waals surface area contributed by atoms with Crippen LogP contribution in [0.3, 0.4) is 0 Å². The molecule has 0 spiro atoms. The molecular formula is C19H27Cl2N3OS. The molecule has 1 aromatic heterocycles. The van der Waals surface area contributed by atoms with Gasteiger partial charge >= 0.3 is 0 Å². The molecule has 1 saturated heterocycles. The lowest BCUT2D eigenvalue weighted by Gasteiger charge is -2.21. The molecule has 4 nitrogen and oxygen atoms in total. The van der Waals surface area contributed by atoms with Crippen molar-refractivity contribution in [2.45, 2.75) is 32.1 Å². The molecule has 144 valence electrons. The van der Waals surface area contributed by atoms with Gasteiger partial charge in [-0.2, -0.15) is 0 Å². The summed E-state index contributed by atoms with van der Waals surface area (Å²) < 4.78 is 0. The summed E-state index contributed by atoms with van der Waals surface area (Å²) in [6.45, 7) is 8.33. The lowest BCUT2D eigenvalue weighted by Crippen LogP contribution is -2.31. The van der Waals surface area contributed by atoms with E-state index in [1.54, 1.807) is 5.51 Å². The van der Waals surface area contributed by atoms with Crippen molar-refractivity contribution < 1.29 is 4.79 Å². The van der Waals surface area contributed by atoms with E-state index in [1.165, 1.54) is 16.9 Å². The number of amides is 1. The lowest BCUT2D eigenvalue weighted by molar-refractivity contribution is 0.0788. The number of nitrogens with two attached hydrogens (primary N) is 1. The minimum atomic E-state index is -0.128. The van der Waals surface area contributed by atoms with Crippen LogP contribution in [0.1, 0.15) is 47.6 Å². The maximum Gasteiger partial charge on any atom is 0.265 e. The van der Waals surface area contributed by atoms with Crippen LogP contribution in [0, 0.1) is 5.92 Å². The molecule has 1 aliphatic heterocycles. The van der Waals surface area contributed by atoms with Crippen molar-refractivity contribution in [3.8, 4) is 0 Å². The first-order chi connectivity index (χ1) is 11.4. The molecule has 0 aliphatic carbocycles. The smallest absolute Gasteiger partial charge is 0.265 e. The van der Waals surface area contributed by atoms with Gasteiger partial charge in [-0.25, -0.2) is 4.98 Å². The second-order valence-corrected chi connectivity index (χ2v) is 8.36. The summed E-state index contributed by atoms with van der Waals surface area (Å²) in [5, 5.41) is 0. The van der Waals surface area contributed by atoms with Crippen LogP contribution in [0.2, 0.25) is 0 Å². The normalized spacial score (nSPS) is 19.6. The first kappa shape index (κ1) is 22.9. The number of aromatic nitrogens is 1. The van der Waals surface area contributed by atoms with Crippen molar-refractivity contribution in [3.05, 3.63) is 52.0 Å². The summed E-state index contributed by atoms with van der Waals surface area (Å²) in [5.74, 6) is 0.716. The average Bonchev–Trinajstić information content (AvgIpc) is 3.21. The van der Waals surface area contributed by atoms with E-state index < -0.39 is 0 Å². The Labute approximate surface area is 172 Å². The van der Waals surface area contributed by atoms with E-state index in [9.17, 15) is 4.79 Å². The number of thiazole rings is 1. The molecule has 0 saturated carbocycles. The molecule has 0 unspecified atom stereocenters. The van der Waals surface area contributed by atoms with Gasteiger partial charge in [0.25, 0.3) is 5.91 Å². The largest absolute Gasteiger partial charge is 0.337 e. The molecule has 0 bridgehead atoms. The Morgan fingerprint density at radius 1 is 1.23 bits per heavy atom. The number of halogens is 2. The third-order valence-electron chi connectivity index (χ3n) is 4.73. The Kier molecular flexibility index (Phi) is 8.08. The second kappa shape index (κ2) is 9.18. The van der Waals surface area contributed by atoms with E-state index in [1.807, 2.05) is 23.1 Å². The highest BCUT2D eigenvalue weighted by Gasteiger charge is 2.37. The Morgan fingerprint density at radius 2 is 1.88 bits per heavy atom. The zero-order chi connectivity index (χ0) is 17.3. The molecule has 7 heteroatoms. The number of hydrogen-bond acceptors (Lipinski definition) is 4. The molecule has 3 rings (SSSR count). The first-order valence-electron chi connectivity index (χ1n) is 8.40. The molecule has 1 aliphatic rings. The SMILES string of the molecule is CC(C)(C)c1ncsc1C(=O)N1C[C@@H](CN)[C@H](c2ccccc2)C1.Cl.Cl.